The molecule has 0 saturated heterocycles. The van der Waals surface area contributed by atoms with E-state index < -0.39 is 0 Å². The smallest absolute Gasteiger partial charge is 0.246 e. The lowest BCUT2D eigenvalue weighted by molar-refractivity contribution is 0.384. The Morgan fingerprint density at radius 3 is 2.65 bits per heavy atom. The van der Waals surface area contributed by atoms with Crippen molar-refractivity contribution in [1.82, 2.24) is 10.1 Å². The number of methoxy groups -OCH3 is 1. The average molecular weight is 374 g/mol. The first-order valence-corrected chi connectivity index (χ1v) is 7.92. The molecular weight excluding hydrogens is 358 g/mol. The molecule has 3 rings (SSSR count). The average Bonchev–Trinajstić information content (AvgIpc) is 3.03. The highest BCUT2D eigenvalue weighted by Gasteiger charge is 2.09. The quantitative estimate of drug-likeness (QED) is 0.716. The Bertz CT molecular complexity index is 800. The summed E-state index contributed by atoms with van der Waals surface area (Å²) < 4.78 is 11.5. The molecule has 0 amide bonds. The van der Waals surface area contributed by atoms with Crippen LogP contribution in [0.25, 0.3) is 11.4 Å². The van der Waals surface area contributed by atoms with Gasteiger partial charge in [-0.3, -0.25) is 0 Å². The van der Waals surface area contributed by atoms with E-state index in [1.807, 2.05) is 43.3 Å². The number of aryl methyl sites for hydroxylation is 1. The van der Waals surface area contributed by atoms with E-state index in [-0.39, 0.29) is 0 Å². The molecule has 1 N–H and O–H groups in total. The van der Waals surface area contributed by atoms with Crippen LogP contribution >= 0.6 is 15.9 Å². The molecule has 118 valence electrons. The van der Waals surface area contributed by atoms with Gasteiger partial charge in [0.2, 0.25) is 11.7 Å². The van der Waals surface area contributed by atoms with Crippen molar-refractivity contribution in [3.8, 4) is 17.1 Å². The summed E-state index contributed by atoms with van der Waals surface area (Å²) >= 11 is 3.45. The molecule has 6 heteroatoms. The molecule has 0 saturated carbocycles. The first-order valence-electron chi connectivity index (χ1n) is 7.13. The van der Waals surface area contributed by atoms with Crippen LogP contribution in [0.1, 0.15) is 11.5 Å². The molecular formula is C17H16BrN3O2. The molecule has 0 bridgehead atoms. The van der Waals surface area contributed by atoms with Gasteiger partial charge in [-0.25, -0.2) is 0 Å². The van der Waals surface area contributed by atoms with E-state index in [2.05, 4.69) is 37.5 Å². The van der Waals surface area contributed by atoms with Crippen molar-refractivity contribution in [1.29, 1.82) is 0 Å². The number of rotatable bonds is 5. The number of hydrogen-bond donors (Lipinski definition) is 1. The molecule has 0 aliphatic carbocycles. The van der Waals surface area contributed by atoms with E-state index in [9.17, 15) is 0 Å². The molecule has 3 aromatic rings. The third-order valence-corrected chi connectivity index (χ3v) is 3.93. The molecule has 2 aromatic carbocycles. The van der Waals surface area contributed by atoms with E-state index in [1.165, 1.54) is 0 Å². The van der Waals surface area contributed by atoms with Gasteiger partial charge < -0.3 is 14.6 Å². The Morgan fingerprint density at radius 2 is 1.96 bits per heavy atom. The van der Waals surface area contributed by atoms with Crippen LogP contribution in [0.4, 0.5) is 5.69 Å². The molecule has 0 aliphatic heterocycles. The Hall–Kier alpha value is -2.34. The van der Waals surface area contributed by atoms with E-state index in [4.69, 9.17) is 9.26 Å². The zero-order valence-corrected chi connectivity index (χ0v) is 14.4. The second-order valence-electron chi connectivity index (χ2n) is 5.05. The maximum atomic E-state index is 5.30. The highest BCUT2D eigenvalue weighted by atomic mass is 79.9. The van der Waals surface area contributed by atoms with Gasteiger partial charge in [-0.15, -0.1) is 0 Å². The lowest BCUT2D eigenvalue weighted by Crippen LogP contribution is -2.01. The monoisotopic (exact) mass is 373 g/mol. The minimum Gasteiger partial charge on any atom is -0.497 e. The zero-order valence-electron chi connectivity index (χ0n) is 12.8. The molecule has 1 heterocycles. The number of aromatic nitrogens is 2. The summed E-state index contributed by atoms with van der Waals surface area (Å²) in [5, 5.41) is 7.32. The predicted octanol–water partition coefficient (Wildman–Crippen LogP) is 4.43. The summed E-state index contributed by atoms with van der Waals surface area (Å²) in [6.07, 6.45) is 0. The largest absolute Gasteiger partial charge is 0.497 e. The maximum absolute atomic E-state index is 5.30. The van der Waals surface area contributed by atoms with Crippen LogP contribution in [-0.4, -0.2) is 17.3 Å². The molecule has 0 aliphatic rings. The van der Waals surface area contributed by atoms with Crippen molar-refractivity contribution in [3.63, 3.8) is 0 Å². The van der Waals surface area contributed by atoms with Gasteiger partial charge in [0.15, 0.2) is 0 Å². The third kappa shape index (κ3) is 3.71. The number of ether oxygens (including phenoxy) is 1. The summed E-state index contributed by atoms with van der Waals surface area (Å²) in [7, 11) is 1.64. The predicted molar refractivity (Wildman–Crippen MR) is 92.5 cm³/mol. The molecule has 0 fully saturated rings. The van der Waals surface area contributed by atoms with Gasteiger partial charge >= 0.3 is 0 Å². The fourth-order valence-corrected chi connectivity index (χ4v) is 2.66. The van der Waals surface area contributed by atoms with Gasteiger partial charge in [-0.2, -0.15) is 4.98 Å². The molecule has 1 aromatic heterocycles. The summed E-state index contributed by atoms with van der Waals surface area (Å²) in [6.45, 7) is 2.52. The third-order valence-electron chi connectivity index (χ3n) is 3.43. The second-order valence-corrected chi connectivity index (χ2v) is 5.97. The van der Waals surface area contributed by atoms with Crippen molar-refractivity contribution in [2.24, 2.45) is 0 Å². The normalized spacial score (nSPS) is 10.6. The Kier molecular flexibility index (Phi) is 4.62. The summed E-state index contributed by atoms with van der Waals surface area (Å²) in [4.78, 5) is 4.41. The summed E-state index contributed by atoms with van der Waals surface area (Å²) in [5.41, 5.74) is 3.08. The highest BCUT2D eigenvalue weighted by molar-refractivity contribution is 9.10. The molecule has 0 atom stereocenters. The van der Waals surface area contributed by atoms with E-state index >= 15 is 0 Å². The zero-order chi connectivity index (χ0) is 16.2. The van der Waals surface area contributed by atoms with Crippen LogP contribution in [0, 0.1) is 6.92 Å². The van der Waals surface area contributed by atoms with Crippen molar-refractivity contribution in [2.45, 2.75) is 13.5 Å². The van der Waals surface area contributed by atoms with Gasteiger partial charge in [-0.1, -0.05) is 21.1 Å². The number of nitrogens with one attached hydrogen (secondary N) is 1. The van der Waals surface area contributed by atoms with Gasteiger partial charge in [0.25, 0.3) is 0 Å². The van der Waals surface area contributed by atoms with Crippen LogP contribution in [0.15, 0.2) is 51.5 Å². The molecule has 23 heavy (non-hydrogen) atoms. The fraction of sp³-hybridized carbons (Fsp3) is 0.176. The summed E-state index contributed by atoms with van der Waals surface area (Å²) in [6, 6.07) is 13.6. The van der Waals surface area contributed by atoms with Crippen molar-refractivity contribution >= 4 is 21.6 Å². The van der Waals surface area contributed by atoms with Crippen molar-refractivity contribution < 1.29 is 9.26 Å². The Morgan fingerprint density at radius 1 is 1.17 bits per heavy atom. The molecule has 0 unspecified atom stereocenters. The second kappa shape index (κ2) is 6.83. The van der Waals surface area contributed by atoms with Crippen molar-refractivity contribution in [3.05, 3.63) is 58.4 Å². The minimum atomic E-state index is 0.478. The number of nitrogens with zero attached hydrogens (tertiary/aromatic N) is 2. The fourth-order valence-electron chi connectivity index (χ4n) is 2.18. The highest BCUT2D eigenvalue weighted by Crippen LogP contribution is 2.22. The number of anilines is 1. The van der Waals surface area contributed by atoms with E-state index in [1.54, 1.807) is 7.11 Å². The van der Waals surface area contributed by atoms with Gasteiger partial charge in [0.05, 0.1) is 13.7 Å². The lowest BCUT2D eigenvalue weighted by Gasteiger charge is -2.07. The van der Waals surface area contributed by atoms with Crippen molar-refractivity contribution in [2.75, 3.05) is 12.4 Å². The molecule has 0 spiro atoms. The molecule has 0 radical (unpaired) electrons. The topological polar surface area (TPSA) is 60.2 Å². The van der Waals surface area contributed by atoms with Crippen LogP contribution in [-0.2, 0) is 6.54 Å². The van der Waals surface area contributed by atoms with Crippen LogP contribution in [0.2, 0.25) is 0 Å². The maximum Gasteiger partial charge on any atom is 0.246 e. The van der Waals surface area contributed by atoms with Crippen LogP contribution < -0.4 is 10.1 Å². The minimum absolute atomic E-state index is 0.478. The standard InChI is InChI=1S/C17H16BrN3O2/c1-11-9-13(18)5-8-15(11)19-10-16-20-17(21-23-16)12-3-6-14(22-2)7-4-12/h3-9,19H,10H2,1-2H3. The molecule has 5 nitrogen and oxygen atoms in total. The van der Waals surface area contributed by atoms with Gasteiger partial charge in [0, 0.05) is 15.7 Å². The van der Waals surface area contributed by atoms with E-state index in [0.29, 0.717) is 18.3 Å². The van der Waals surface area contributed by atoms with Gasteiger partial charge in [-0.05, 0) is 55.0 Å². The van der Waals surface area contributed by atoms with Gasteiger partial charge in [0.1, 0.15) is 5.75 Å². The number of benzene rings is 2. The van der Waals surface area contributed by atoms with Crippen LogP contribution in [0.3, 0.4) is 0 Å². The first kappa shape index (κ1) is 15.6. The lowest BCUT2D eigenvalue weighted by atomic mass is 10.2. The number of hydrogen-bond acceptors (Lipinski definition) is 5. The van der Waals surface area contributed by atoms with E-state index in [0.717, 1.165) is 27.0 Å². The van der Waals surface area contributed by atoms with Crippen LogP contribution in [0.5, 0.6) is 5.75 Å². The number of halogens is 1. The summed E-state index contributed by atoms with van der Waals surface area (Å²) in [5.74, 6) is 1.90. The first-order chi connectivity index (χ1) is 11.2. The Labute approximate surface area is 142 Å². The Balaban J connectivity index is 1.69. The SMILES string of the molecule is COc1ccc(-c2noc(CNc3ccc(Br)cc3C)n2)cc1.